The highest BCUT2D eigenvalue weighted by atomic mass is 32.2. The number of piperidine rings is 1. The van der Waals surface area contributed by atoms with Crippen LogP contribution >= 0.6 is 11.7 Å². The van der Waals surface area contributed by atoms with E-state index in [2.05, 4.69) is 33.9 Å². The van der Waals surface area contributed by atoms with Crippen LogP contribution in [-0.2, 0) is 10.0 Å². The second-order valence-electron chi connectivity index (χ2n) is 6.65. The van der Waals surface area contributed by atoms with Gasteiger partial charge >= 0.3 is 0 Å². The first-order valence-corrected chi connectivity index (χ1v) is 11.2. The topological polar surface area (TPSA) is 131 Å². The average Bonchev–Trinajstić information content (AvgIpc) is 3.44. The number of hydrogen-bond acceptors (Lipinski definition) is 9. The first kappa shape index (κ1) is 18.2. The molecule has 1 fully saturated rings. The smallest absolute Gasteiger partial charge is 0.246 e. The molecule has 1 N–H and O–H groups in total. The number of rotatable bonds is 4. The lowest BCUT2D eigenvalue weighted by molar-refractivity contribution is 0.247. The Bertz CT molecular complexity index is 1250. The normalized spacial score (nSPS) is 18.3. The summed E-state index contributed by atoms with van der Waals surface area (Å²) >= 11 is 1.00. The summed E-state index contributed by atoms with van der Waals surface area (Å²) in [4.78, 5) is 12.9. The summed E-state index contributed by atoms with van der Waals surface area (Å²) in [5.41, 5.74) is 1.51. The zero-order valence-electron chi connectivity index (χ0n) is 15.1. The van der Waals surface area contributed by atoms with Gasteiger partial charge in [-0.05, 0) is 25.0 Å². The number of aromatic amines is 1. The third-order valence-corrected chi connectivity index (χ3v) is 7.38. The molecule has 0 radical (unpaired) electrons. The Morgan fingerprint density at radius 2 is 2.10 bits per heavy atom. The van der Waals surface area contributed by atoms with E-state index in [1.54, 1.807) is 36.8 Å². The lowest BCUT2D eigenvalue weighted by Crippen LogP contribution is -2.39. The van der Waals surface area contributed by atoms with Crippen molar-refractivity contribution in [3.63, 3.8) is 0 Å². The molecule has 0 spiro atoms. The largest absolute Gasteiger partial charge is 0.261 e. The maximum absolute atomic E-state index is 13.5. The number of aromatic nitrogens is 7. The SMILES string of the molecule is O=S(=O)(c1cccc2nsnc12)N1CCCCC1c1nc(-c2cnccn2)n[nH]1. The Balaban J connectivity index is 1.54. The molecule has 148 valence electrons. The maximum atomic E-state index is 13.5. The molecule has 0 bridgehead atoms. The number of H-pyrrole nitrogens is 1. The number of benzene rings is 1. The minimum absolute atomic E-state index is 0.171. The fourth-order valence-electron chi connectivity index (χ4n) is 3.53. The molecule has 0 saturated carbocycles. The minimum Gasteiger partial charge on any atom is -0.261 e. The molecule has 0 amide bonds. The van der Waals surface area contributed by atoms with Gasteiger partial charge in [-0.25, -0.2) is 18.4 Å². The molecule has 0 aliphatic carbocycles. The van der Waals surface area contributed by atoms with E-state index in [4.69, 9.17) is 0 Å². The predicted molar refractivity (Wildman–Crippen MR) is 105 cm³/mol. The van der Waals surface area contributed by atoms with Crippen LogP contribution in [0.15, 0.2) is 41.7 Å². The van der Waals surface area contributed by atoms with E-state index in [0.29, 0.717) is 41.3 Å². The Labute approximate surface area is 170 Å². The molecular formula is C17H16N8O2S2. The van der Waals surface area contributed by atoms with Crippen molar-refractivity contribution >= 4 is 32.8 Å². The van der Waals surface area contributed by atoms with E-state index in [9.17, 15) is 8.42 Å². The van der Waals surface area contributed by atoms with E-state index < -0.39 is 16.1 Å². The van der Waals surface area contributed by atoms with E-state index >= 15 is 0 Å². The van der Waals surface area contributed by atoms with Crippen molar-refractivity contribution in [2.75, 3.05) is 6.54 Å². The van der Waals surface area contributed by atoms with Crippen LogP contribution in [0.1, 0.15) is 31.1 Å². The molecule has 4 aromatic rings. The summed E-state index contributed by atoms with van der Waals surface area (Å²) < 4.78 is 36.9. The molecule has 5 rings (SSSR count). The van der Waals surface area contributed by atoms with E-state index in [1.165, 1.54) is 4.31 Å². The van der Waals surface area contributed by atoms with Crippen molar-refractivity contribution in [3.8, 4) is 11.5 Å². The van der Waals surface area contributed by atoms with Crippen LogP contribution in [0.2, 0.25) is 0 Å². The van der Waals surface area contributed by atoms with E-state index in [-0.39, 0.29) is 4.90 Å². The van der Waals surface area contributed by atoms with Gasteiger partial charge in [0.15, 0.2) is 0 Å². The fraction of sp³-hybridized carbons (Fsp3) is 0.294. The zero-order chi connectivity index (χ0) is 19.8. The van der Waals surface area contributed by atoms with Gasteiger partial charge in [-0.1, -0.05) is 12.5 Å². The second kappa shape index (κ2) is 7.21. The maximum Gasteiger partial charge on any atom is 0.246 e. The molecule has 1 aliphatic rings. The molecule has 1 atom stereocenters. The van der Waals surface area contributed by atoms with Gasteiger partial charge in [0.1, 0.15) is 27.4 Å². The van der Waals surface area contributed by atoms with Crippen LogP contribution in [0.5, 0.6) is 0 Å². The van der Waals surface area contributed by atoms with Gasteiger partial charge in [0, 0.05) is 18.9 Å². The highest BCUT2D eigenvalue weighted by Crippen LogP contribution is 2.36. The fourth-order valence-corrected chi connectivity index (χ4v) is 5.95. The molecule has 29 heavy (non-hydrogen) atoms. The summed E-state index contributed by atoms with van der Waals surface area (Å²) in [6.45, 7) is 0.405. The Morgan fingerprint density at radius 3 is 2.97 bits per heavy atom. The standard InChI is InChI=1S/C17H16N8O2S2/c26-29(27,14-6-3-4-11-15(14)24-28-23-11)25-9-2-1-5-13(25)17-20-16(21-22-17)12-10-18-7-8-19-12/h3-4,6-8,10,13H,1-2,5,9H2,(H,20,21,22). The van der Waals surface area contributed by atoms with Crippen molar-refractivity contribution < 1.29 is 8.42 Å². The number of sulfonamides is 1. The zero-order valence-corrected chi connectivity index (χ0v) is 16.8. The van der Waals surface area contributed by atoms with Crippen LogP contribution in [0.3, 0.4) is 0 Å². The van der Waals surface area contributed by atoms with Crippen LogP contribution in [0.4, 0.5) is 0 Å². The quantitative estimate of drug-likeness (QED) is 0.523. The van der Waals surface area contributed by atoms with Crippen LogP contribution in [0, 0.1) is 0 Å². The highest BCUT2D eigenvalue weighted by molar-refractivity contribution is 7.89. The van der Waals surface area contributed by atoms with Gasteiger partial charge < -0.3 is 0 Å². The molecule has 1 unspecified atom stereocenters. The third kappa shape index (κ3) is 3.18. The van der Waals surface area contributed by atoms with Crippen molar-refractivity contribution in [1.82, 2.24) is 38.2 Å². The Hall–Kier alpha value is -2.83. The van der Waals surface area contributed by atoms with Gasteiger partial charge in [0.2, 0.25) is 15.8 Å². The van der Waals surface area contributed by atoms with E-state index in [1.807, 2.05) is 0 Å². The highest BCUT2D eigenvalue weighted by Gasteiger charge is 2.37. The predicted octanol–water partition coefficient (Wildman–Crippen LogP) is 2.18. The molecule has 10 nitrogen and oxygen atoms in total. The van der Waals surface area contributed by atoms with Crippen molar-refractivity contribution in [3.05, 3.63) is 42.6 Å². The molecule has 12 heteroatoms. The minimum atomic E-state index is -3.79. The van der Waals surface area contributed by atoms with Crippen LogP contribution < -0.4 is 0 Å². The summed E-state index contributed by atoms with van der Waals surface area (Å²) in [6.07, 6.45) is 7.04. The van der Waals surface area contributed by atoms with Crippen molar-refractivity contribution in [2.45, 2.75) is 30.2 Å². The van der Waals surface area contributed by atoms with Crippen LogP contribution in [-0.4, -0.2) is 53.2 Å². The summed E-state index contributed by atoms with van der Waals surface area (Å²) in [6, 6.07) is 4.59. The summed E-state index contributed by atoms with van der Waals surface area (Å²) in [7, 11) is -3.79. The van der Waals surface area contributed by atoms with Gasteiger partial charge in [0.25, 0.3) is 0 Å². The van der Waals surface area contributed by atoms with Crippen molar-refractivity contribution in [2.24, 2.45) is 0 Å². The van der Waals surface area contributed by atoms with Gasteiger partial charge in [-0.3, -0.25) is 10.1 Å². The lowest BCUT2D eigenvalue weighted by atomic mass is 10.0. The number of hydrogen-bond donors (Lipinski definition) is 1. The average molecular weight is 429 g/mol. The molecule has 3 aromatic heterocycles. The van der Waals surface area contributed by atoms with Crippen LogP contribution in [0.25, 0.3) is 22.6 Å². The molecule has 4 heterocycles. The third-order valence-electron chi connectivity index (χ3n) is 4.90. The summed E-state index contributed by atoms with van der Waals surface area (Å²) in [5, 5.41) is 7.11. The van der Waals surface area contributed by atoms with E-state index in [0.717, 1.165) is 24.6 Å². The Morgan fingerprint density at radius 1 is 1.17 bits per heavy atom. The molecule has 1 saturated heterocycles. The van der Waals surface area contributed by atoms with Crippen molar-refractivity contribution in [1.29, 1.82) is 0 Å². The van der Waals surface area contributed by atoms with Gasteiger partial charge in [-0.2, -0.15) is 18.2 Å². The second-order valence-corrected chi connectivity index (χ2v) is 9.04. The molecule has 1 aliphatic heterocycles. The molecule has 1 aromatic carbocycles. The number of nitrogens with zero attached hydrogens (tertiary/aromatic N) is 7. The van der Waals surface area contributed by atoms with Gasteiger partial charge in [0.05, 0.1) is 24.0 Å². The Kier molecular flexibility index (Phi) is 4.53. The lowest BCUT2D eigenvalue weighted by Gasteiger charge is -2.33. The first-order chi connectivity index (χ1) is 14.1. The monoisotopic (exact) mass is 428 g/mol. The summed E-state index contributed by atoms with van der Waals surface area (Å²) in [5.74, 6) is 0.888. The molecular weight excluding hydrogens is 412 g/mol. The number of fused-ring (bicyclic) bond motifs is 1. The first-order valence-electron chi connectivity index (χ1n) is 9.06. The number of nitrogens with one attached hydrogen (secondary N) is 1. The van der Waals surface area contributed by atoms with Gasteiger partial charge in [-0.15, -0.1) is 0 Å².